The van der Waals surface area contributed by atoms with E-state index in [0.717, 1.165) is 62.3 Å². The molecule has 0 saturated carbocycles. The number of halogens is 1. The number of nitrogens with zero attached hydrogens (tertiary/aromatic N) is 2. The molecule has 1 N–H and O–H groups in total. The third kappa shape index (κ3) is 7.94. The van der Waals surface area contributed by atoms with Gasteiger partial charge in [-0.05, 0) is 106 Å². The molecule has 3 aromatic rings. The second-order valence-corrected chi connectivity index (χ2v) is 10.9. The van der Waals surface area contributed by atoms with Crippen LogP contribution in [0.15, 0.2) is 72.8 Å². The summed E-state index contributed by atoms with van der Waals surface area (Å²) in [6, 6.07) is 22.7. The molecule has 0 aromatic heterocycles. The molecule has 208 valence electrons. The first-order chi connectivity index (χ1) is 19.5. The van der Waals surface area contributed by atoms with Gasteiger partial charge >= 0.3 is 0 Å². The molecule has 2 saturated heterocycles. The van der Waals surface area contributed by atoms with Gasteiger partial charge in [-0.25, -0.2) is 4.39 Å². The summed E-state index contributed by atoms with van der Waals surface area (Å²) < 4.78 is 19.4. The van der Waals surface area contributed by atoms with Crippen LogP contribution in [0, 0.1) is 17.7 Å². The van der Waals surface area contributed by atoms with Crippen molar-refractivity contribution >= 4 is 5.91 Å². The third-order valence-corrected chi connectivity index (χ3v) is 7.90. The number of benzene rings is 3. The number of carbonyl (C=O) groups excluding carboxylic acids is 1. The number of piperidine rings is 1. The number of amides is 1. The molecule has 5 rings (SSSR count). The Morgan fingerprint density at radius 3 is 2.50 bits per heavy atom. The lowest BCUT2D eigenvalue weighted by Crippen LogP contribution is -2.37. The Bertz CT molecular complexity index is 1340. The van der Waals surface area contributed by atoms with E-state index in [9.17, 15) is 9.18 Å². The van der Waals surface area contributed by atoms with Gasteiger partial charge in [-0.1, -0.05) is 30.0 Å². The maximum Gasteiger partial charge on any atom is 0.251 e. The van der Waals surface area contributed by atoms with Crippen molar-refractivity contribution in [1.29, 1.82) is 0 Å². The Balaban J connectivity index is 1.07. The lowest BCUT2D eigenvalue weighted by Gasteiger charge is -2.32. The number of hydrogen-bond acceptors (Lipinski definition) is 4. The molecule has 2 aliphatic rings. The van der Waals surface area contributed by atoms with E-state index in [4.69, 9.17) is 4.74 Å². The van der Waals surface area contributed by atoms with Gasteiger partial charge in [0.25, 0.3) is 5.91 Å². The highest BCUT2D eigenvalue weighted by atomic mass is 19.1. The Morgan fingerprint density at radius 1 is 0.950 bits per heavy atom. The molecule has 2 fully saturated rings. The SMILES string of the molecule is CN1CCCC1CCNC(=O)c1cccc(OC2CCN(Cc3cccc(C#Cc4ccc(F)cc4)c3)CC2)c1. The van der Waals surface area contributed by atoms with E-state index >= 15 is 0 Å². The molecule has 40 heavy (non-hydrogen) atoms. The zero-order chi connectivity index (χ0) is 27.7. The van der Waals surface area contributed by atoms with Crippen molar-refractivity contribution in [2.45, 2.75) is 50.8 Å². The van der Waals surface area contributed by atoms with Crippen LogP contribution in [0.2, 0.25) is 0 Å². The Kier molecular flexibility index (Phi) is 9.49. The highest BCUT2D eigenvalue weighted by Crippen LogP contribution is 2.22. The zero-order valence-corrected chi connectivity index (χ0v) is 23.2. The van der Waals surface area contributed by atoms with Gasteiger partial charge in [0.2, 0.25) is 0 Å². The minimum absolute atomic E-state index is 0.0366. The summed E-state index contributed by atoms with van der Waals surface area (Å²) in [6.45, 7) is 4.61. The average molecular weight is 540 g/mol. The molecule has 2 aliphatic heterocycles. The monoisotopic (exact) mass is 539 g/mol. The van der Waals surface area contributed by atoms with E-state index < -0.39 is 0 Å². The molecule has 1 atom stereocenters. The maximum absolute atomic E-state index is 13.1. The standard InChI is InChI=1S/C34H38FN3O2/c1-37-20-4-8-31(37)16-19-36-34(39)29-7-3-9-33(24-29)40-32-17-21-38(22-18-32)25-28-6-2-5-27(23-28)11-10-26-12-14-30(35)15-13-26/h2-3,5-7,9,12-15,23-24,31-32H,4,8,16-22,25H2,1H3,(H,36,39). The number of likely N-dealkylation sites (tertiary alicyclic amines) is 2. The summed E-state index contributed by atoms with van der Waals surface area (Å²) in [6.07, 6.45) is 5.47. The molecule has 0 aliphatic carbocycles. The molecule has 3 aromatic carbocycles. The van der Waals surface area contributed by atoms with Gasteiger partial charge in [-0.3, -0.25) is 9.69 Å². The van der Waals surface area contributed by atoms with Crippen LogP contribution in [-0.2, 0) is 6.54 Å². The first-order valence-electron chi connectivity index (χ1n) is 14.4. The topological polar surface area (TPSA) is 44.8 Å². The van der Waals surface area contributed by atoms with E-state index in [1.807, 2.05) is 36.4 Å². The predicted octanol–water partition coefficient (Wildman–Crippen LogP) is 5.48. The van der Waals surface area contributed by atoms with Gasteiger partial charge in [0.15, 0.2) is 0 Å². The van der Waals surface area contributed by atoms with Gasteiger partial charge in [0.1, 0.15) is 17.7 Å². The van der Waals surface area contributed by atoms with E-state index in [1.165, 1.54) is 30.5 Å². The van der Waals surface area contributed by atoms with Crippen molar-refractivity contribution in [2.24, 2.45) is 0 Å². The summed E-state index contributed by atoms with van der Waals surface area (Å²) in [4.78, 5) is 17.5. The fourth-order valence-corrected chi connectivity index (χ4v) is 5.57. The first kappa shape index (κ1) is 27.9. The molecule has 1 amide bonds. The van der Waals surface area contributed by atoms with Crippen LogP contribution in [-0.4, -0.2) is 61.1 Å². The highest BCUT2D eigenvalue weighted by molar-refractivity contribution is 5.94. The van der Waals surface area contributed by atoms with Gasteiger partial charge in [-0.2, -0.15) is 0 Å². The van der Waals surface area contributed by atoms with Crippen LogP contribution in [0.1, 0.15) is 59.2 Å². The number of carbonyl (C=O) groups is 1. The summed E-state index contributed by atoms with van der Waals surface area (Å²) in [7, 11) is 2.16. The van der Waals surface area contributed by atoms with E-state index in [1.54, 1.807) is 12.1 Å². The minimum atomic E-state index is -0.254. The normalized spacial score (nSPS) is 18.2. The van der Waals surface area contributed by atoms with Crippen molar-refractivity contribution < 1.29 is 13.9 Å². The number of hydrogen-bond donors (Lipinski definition) is 1. The van der Waals surface area contributed by atoms with Crippen molar-refractivity contribution in [3.05, 3.63) is 101 Å². The van der Waals surface area contributed by atoms with Crippen molar-refractivity contribution in [1.82, 2.24) is 15.1 Å². The molecule has 5 nitrogen and oxygen atoms in total. The van der Waals surface area contributed by atoms with Crippen LogP contribution in [0.5, 0.6) is 5.75 Å². The second-order valence-electron chi connectivity index (χ2n) is 10.9. The van der Waals surface area contributed by atoms with Gasteiger partial charge < -0.3 is 15.0 Å². The molecule has 0 bridgehead atoms. The first-order valence-corrected chi connectivity index (χ1v) is 14.4. The summed E-state index contributed by atoms with van der Waals surface area (Å²) in [5, 5.41) is 3.08. The van der Waals surface area contributed by atoms with Crippen LogP contribution >= 0.6 is 0 Å². The smallest absolute Gasteiger partial charge is 0.251 e. The second kappa shape index (κ2) is 13.6. The quantitative estimate of drug-likeness (QED) is 0.385. The Labute approximate surface area is 237 Å². The Hall–Kier alpha value is -3.66. The largest absolute Gasteiger partial charge is 0.490 e. The maximum atomic E-state index is 13.1. The van der Waals surface area contributed by atoms with Crippen LogP contribution in [0.25, 0.3) is 0 Å². The van der Waals surface area contributed by atoms with E-state index in [-0.39, 0.29) is 17.8 Å². The van der Waals surface area contributed by atoms with Gasteiger partial charge in [0.05, 0.1) is 0 Å². The summed E-state index contributed by atoms with van der Waals surface area (Å²) in [5.74, 6) is 6.77. The number of ether oxygens (including phenoxy) is 1. The fourth-order valence-electron chi connectivity index (χ4n) is 5.57. The van der Waals surface area contributed by atoms with E-state index in [2.05, 4.69) is 46.1 Å². The van der Waals surface area contributed by atoms with Crippen LogP contribution in [0.4, 0.5) is 4.39 Å². The molecule has 1 unspecified atom stereocenters. The lowest BCUT2D eigenvalue weighted by molar-refractivity contribution is 0.0934. The summed E-state index contributed by atoms with van der Waals surface area (Å²) >= 11 is 0. The predicted molar refractivity (Wildman–Crippen MR) is 157 cm³/mol. The lowest BCUT2D eigenvalue weighted by atomic mass is 10.1. The molecule has 6 heteroatoms. The van der Waals surface area contributed by atoms with Crippen LogP contribution in [0.3, 0.4) is 0 Å². The van der Waals surface area contributed by atoms with Crippen molar-refractivity contribution in [2.75, 3.05) is 33.2 Å². The third-order valence-electron chi connectivity index (χ3n) is 7.90. The number of rotatable bonds is 8. The van der Waals surface area contributed by atoms with Crippen molar-refractivity contribution in [3.63, 3.8) is 0 Å². The van der Waals surface area contributed by atoms with Crippen molar-refractivity contribution in [3.8, 4) is 17.6 Å². The van der Waals surface area contributed by atoms with Crippen LogP contribution < -0.4 is 10.1 Å². The Morgan fingerprint density at radius 2 is 1.73 bits per heavy atom. The zero-order valence-electron chi connectivity index (χ0n) is 23.2. The minimum Gasteiger partial charge on any atom is -0.490 e. The average Bonchev–Trinajstić information content (AvgIpc) is 3.38. The van der Waals surface area contributed by atoms with E-state index in [0.29, 0.717) is 18.2 Å². The molecule has 2 heterocycles. The molecular weight excluding hydrogens is 501 g/mol. The molecule has 0 radical (unpaired) electrons. The van der Waals surface area contributed by atoms with Gasteiger partial charge in [-0.15, -0.1) is 0 Å². The highest BCUT2D eigenvalue weighted by Gasteiger charge is 2.22. The van der Waals surface area contributed by atoms with Gasteiger partial charge in [0, 0.05) is 48.9 Å². The number of nitrogens with one attached hydrogen (secondary N) is 1. The summed E-state index contributed by atoms with van der Waals surface area (Å²) in [5.41, 5.74) is 3.63. The fraction of sp³-hybridized carbons (Fsp3) is 0.382. The molecule has 0 spiro atoms. The molecular formula is C34H38FN3O2.